The number of aliphatic carboxylic acids is 1. The topological polar surface area (TPSA) is 136 Å². The third kappa shape index (κ3) is 17.7. The molecule has 1 aromatic rings. The number of nitrogens with zero attached hydrogens (tertiary/aromatic N) is 1. The van der Waals surface area contributed by atoms with Gasteiger partial charge < -0.3 is 24.8 Å². The minimum atomic E-state index is -4.33. The highest BCUT2D eigenvalue weighted by atomic mass is 33.1. The normalized spacial score (nSPS) is 14.9. The first-order chi connectivity index (χ1) is 17.4. The van der Waals surface area contributed by atoms with Crippen molar-refractivity contribution in [3.8, 4) is 0 Å². The van der Waals surface area contributed by atoms with Gasteiger partial charge in [0, 0.05) is 31.7 Å². The van der Waals surface area contributed by atoms with Crippen LogP contribution in [0.5, 0.6) is 0 Å². The molecular formula is C23H41N2O8PS2. The van der Waals surface area contributed by atoms with Crippen molar-refractivity contribution in [2.75, 3.05) is 45.3 Å². The summed E-state index contributed by atoms with van der Waals surface area (Å²) in [4.78, 5) is 25.7. The number of hydrogen-bond donors (Lipinski definition) is 3. The molecule has 36 heavy (non-hydrogen) atoms. The van der Waals surface area contributed by atoms with Crippen LogP contribution in [0.4, 0.5) is 0 Å². The molecule has 0 aliphatic heterocycles. The Labute approximate surface area is 222 Å². The summed E-state index contributed by atoms with van der Waals surface area (Å²) in [6.45, 7) is 5.35. The Hall–Kier alpha value is -0.690. The molecule has 0 radical (unpaired) electrons. The maximum atomic E-state index is 12.3. The first-order valence-electron chi connectivity index (χ1n) is 12.4. The fourth-order valence-electron chi connectivity index (χ4n) is 2.80. The molecule has 208 valence electrons. The van der Waals surface area contributed by atoms with E-state index in [1.54, 1.807) is 6.20 Å². The minimum absolute atomic E-state index is 0.0666. The molecule has 0 aromatic carbocycles. The Balaban J connectivity index is 2.34. The predicted octanol–water partition coefficient (Wildman–Crippen LogP) is 4.78. The van der Waals surface area contributed by atoms with Gasteiger partial charge in [0.1, 0.15) is 17.2 Å². The largest absolute Gasteiger partial charge is 0.480 e. The summed E-state index contributed by atoms with van der Waals surface area (Å²) in [7, 11) is -1.59. The lowest BCUT2D eigenvalue weighted by atomic mass is 10.2. The molecule has 3 N–H and O–H groups in total. The fourth-order valence-corrected chi connectivity index (χ4v) is 5.65. The molecule has 0 aliphatic rings. The zero-order valence-corrected chi connectivity index (χ0v) is 23.7. The van der Waals surface area contributed by atoms with E-state index in [4.69, 9.17) is 18.5 Å². The number of hydrogen-bond acceptors (Lipinski definition) is 10. The molecule has 1 aromatic heterocycles. The molecule has 0 amide bonds. The number of carboxylic acid groups (broad SMARTS) is 1. The van der Waals surface area contributed by atoms with Gasteiger partial charge in [0.15, 0.2) is 0 Å². The van der Waals surface area contributed by atoms with Crippen LogP contribution < -0.4 is 5.32 Å². The smallest absolute Gasteiger partial charge is 0.472 e. The summed E-state index contributed by atoms with van der Waals surface area (Å²) in [6.07, 6.45) is 7.32. The minimum Gasteiger partial charge on any atom is -0.480 e. The van der Waals surface area contributed by atoms with Crippen molar-refractivity contribution in [3.05, 3.63) is 24.4 Å². The Bertz CT molecular complexity index is 735. The van der Waals surface area contributed by atoms with E-state index < -0.39 is 25.9 Å². The van der Waals surface area contributed by atoms with Crippen LogP contribution in [0.1, 0.15) is 52.4 Å². The molecule has 0 spiro atoms. The Morgan fingerprint density at radius 2 is 1.83 bits per heavy atom. The molecule has 0 aliphatic carbocycles. The van der Waals surface area contributed by atoms with E-state index in [9.17, 15) is 19.4 Å². The van der Waals surface area contributed by atoms with Crippen LogP contribution >= 0.6 is 29.4 Å². The van der Waals surface area contributed by atoms with Gasteiger partial charge in [0.05, 0.1) is 19.8 Å². The van der Waals surface area contributed by atoms with E-state index in [2.05, 4.69) is 24.1 Å². The highest BCUT2D eigenvalue weighted by molar-refractivity contribution is 8.76. The van der Waals surface area contributed by atoms with Crippen LogP contribution in [0, 0.1) is 0 Å². The van der Waals surface area contributed by atoms with Gasteiger partial charge in [-0.1, -0.05) is 56.4 Å². The highest BCUT2D eigenvalue weighted by Crippen LogP contribution is 2.43. The monoisotopic (exact) mass is 568 g/mol. The first-order valence-corrected chi connectivity index (χ1v) is 16.2. The van der Waals surface area contributed by atoms with Gasteiger partial charge in [-0.25, -0.2) is 9.55 Å². The average Bonchev–Trinajstić information content (AvgIpc) is 2.86. The van der Waals surface area contributed by atoms with Crippen LogP contribution in [-0.2, 0) is 27.9 Å². The van der Waals surface area contributed by atoms with Gasteiger partial charge in [-0.05, 0) is 35.8 Å². The number of unbranched alkanes of at least 4 members (excludes halogenated alkanes) is 4. The summed E-state index contributed by atoms with van der Waals surface area (Å²) < 4.78 is 33.8. The SMILES string of the molecule is CCCCCOC[C@H](COP(=O)(O)OCCNC(CSSc1ccccn1)C(=O)O)OCCCCC. The lowest BCUT2D eigenvalue weighted by Crippen LogP contribution is -2.40. The second-order valence-electron chi connectivity index (χ2n) is 7.96. The maximum Gasteiger partial charge on any atom is 0.472 e. The third-order valence-corrected chi connectivity index (χ3v) is 8.04. The Kier molecular flexibility index (Phi) is 19.7. The highest BCUT2D eigenvalue weighted by Gasteiger charge is 2.24. The summed E-state index contributed by atoms with van der Waals surface area (Å²) in [6, 6.07) is 4.66. The van der Waals surface area contributed by atoms with E-state index in [1.165, 1.54) is 21.6 Å². The van der Waals surface area contributed by atoms with Crippen molar-refractivity contribution in [2.45, 2.75) is 69.5 Å². The van der Waals surface area contributed by atoms with Gasteiger partial charge in [-0.3, -0.25) is 13.8 Å². The fraction of sp³-hybridized carbons (Fsp3) is 0.739. The van der Waals surface area contributed by atoms with Crippen LogP contribution in [0.2, 0.25) is 0 Å². The van der Waals surface area contributed by atoms with Crippen LogP contribution in [0.25, 0.3) is 0 Å². The molecule has 13 heteroatoms. The Morgan fingerprint density at radius 1 is 1.08 bits per heavy atom. The third-order valence-electron chi connectivity index (χ3n) is 4.78. The van der Waals surface area contributed by atoms with Crippen molar-refractivity contribution in [1.82, 2.24) is 10.3 Å². The molecule has 1 rings (SSSR count). The number of phosphoric acid groups is 1. The van der Waals surface area contributed by atoms with Crippen LogP contribution in [0.15, 0.2) is 29.4 Å². The Morgan fingerprint density at radius 3 is 2.50 bits per heavy atom. The van der Waals surface area contributed by atoms with Crippen LogP contribution in [0.3, 0.4) is 0 Å². The summed E-state index contributed by atoms with van der Waals surface area (Å²) in [5.41, 5.74) is 0. The standard InChI is InChI=1S/C23H41N2O8PS2/c1-3-5-9-14-30-17-20(31-15-10-6-4-2)18-33-34(28,29)32-16-13-24-21(23(26)27)19-35-36-22-11-7-8-12-25-22/h7-8,11-12,20-21,24H,3-6,9-10,13-19H2,1-2H3,(H,26,27)(H,28,29)/t20-,21?/m1/s1. The molecule has 2 unspecified atom stereocenters. The van der Waals surface area contributed by atoms with Crippen LogP contribution in [-0.4, -0.2) is 78.4 Å². The number of rotatable bonds is 24. The molecule has 10 nitrogen and oxygen atoms in total. The van der Waals surface area contributed by atoms with Gasteiger partial charge in [0.2, 0.25) is 0 Å². The summed E-state index contributed by atoms with van der Waals surface area (Å²) in [5, 5.41) is 13.0. The van der Waals surface area contributed by atoms with Crippen molar-refractivity contribution < 1.29 is 37.9 Å². The van der Waals surface area contributed by atoms with Gasteiger partial charge >= 0.3 is 13.8 Å². The molecule has 1 heterocycles. The van der Waals surface area contributed by atoms with Crippen molar-refractivity contribution >= 4 is 35.4 Å². The van der Waals surface area contributed by atoms with E-state index in [-0.39, 0.29) is 32.1 Å². The number of aromatic nitrogens is 1. The van der Waals surface area contributed by atoms with Gasteiger partial charge in [0.25, 0.3) is 0 Å². The number of pyridine rings is 1. The number of nitrogens with one attached hydrogen (secondary N) is 1. The molecule has 3 atom stereocenters. The zero-order chi connectivity index (χ0) is 26.5. The van der Waals surface area contributed by atoms with E-state index in [0.717, 1.165) is 43.6 Å². The predicted molar refractivity (Wildman–Crippen MR) is 143 cm³/mol. The van der Waals surface area contributed by atoms with Crippen molar-refractivity contribution in [1.29, 1.82) is 0 Å². The average molecular weight is 569 g/mol. The lowest BCUT2D eigenvalue weighted by Gasteiger charge is -2.20. The zero-order valence-electron chi connectivity index (χ0n) is 21.2. The van der Waals surface area contributed by atoms with Gasteiger partial charge in [-0.15, -0.1) is 0 Å². The van der Waals surface area contributed by atoms with E-state index >= 15 is 0 Å². The number of carboxylic acids is 1. The summed E-state index contributed by atoms with van der Waals surface area (Å²) in [5.74, 6) is -0.742. The van der Waals surface area contributed by atoms with Crippen molar-refractivity contribution in [2.24, 2.45) is 0 Å². The van der Waals surface area contributed by atoms with E-state index in [1.807, 2.05) is 18.2 Å². The molecule has 0 fully saturated rings. The summed E-state index contributed by atoms with van der Waals surface area (Å²) >= 11 is 0. The lowest BCUT2D eigenvalue weighted by molar-refractivity contribution is -0.138. The maximum absolute atomic E-state index is 12.3. The second-order valence-corrected chi connectivity index (χ2v) is 11.8. The molecule has 0 saturated heterocycles. The molecular weight excluding hydrogens is 527 g/mol. The quantitative estimate of drug-likeness (QED) is 0.0899. The second kappa shape index (κ2) is 21.3. The first kappa shape index (κ1) is 33.3. The molecule has 0 bridgehead atoms. The van der Waals surface area contributed by atoms with E-state index in [0.29, 0.717) is 13.2 Å². The molecule has 0 saturated carbocycles. The number of ether oxygens (including phenoxy) is 2. The number of phosphoric ester groups is 1. The van der Waals surface area contributed by atoms with Crippen molar-refractivity contribution in [3.63, 3.8) is 0 Å². The number of carbonyl (C=O) groups is 1. The van der Waals surface area contributed by atoms with Gasteiger partial charge in [-0.2, -0.15) is 0 Å².